The summed E-state index contributed by atoms with van der Waals surface area (Å²) >= 11 is 0. The van der Waals surface area contributed by atoms with Crippen LogP contribution in [-0.2, 0) is 20.8 Å². The van der Waals surface area contributed by atoms with Crippen molar-refractivity contribution in [3.05, 3.63) is 64.5 Å². The molecule has 10 heteroatoms. The summed E-state index contributed by atoms with van der Waals surface area (Å²) in [6.07, 6.45) is -0.586. The summed E-state index contributed by atoms with van der Waals surface area (Å²) in [5.41, 5.74) is 2.82. The van der Waals surface area contributed by atoms with E-state index in [4.69, 9.17) is 13.9 Å². The van der Waals surface area contributed by atoms with Gasteiger partial charge in [-0.15, -0.1) is 0 Å². The van der Waals surface area contributed by atoms with Crippen LogP contribution < -0.4 is 21.2 Å². The van der Waals surface area contributed by atoms with E-state index >= 15 is 0 Å². The fourth-order valence-electron chi connectivity index (χ4n) is 4.09. The van der Waals surface area contributed by atoms with E-state index in [0.29, 0.717) is 23.4 Å². The van der Waals surface area contributed by atoms with Crippen molar-refractivity contribution < 1.29 is 23.5 Å². The highest BCUT2D eigenvalue weighted by molar-refractivity contribution is 5.92. The Labute approximate surface area is 208 Å². The van der Waals surface area contributed by atoms with Crippen LogP contribution in [0, 0.1) is 0 Å². The van der Waals surface area contributed by atoms with Gasteiger partial charge in [-0.2, -0.15) is 0 Å². The summed E-state index contributed by atoms with van der Waals surface area (Å²) in [6.45, 7) is 5.59. The molecule has 1 saturated heterocycles. The van der Waals surface area contributed by atoms with Gasteiger partial charge in [-0.05, 0) is 55.9 Å². The minimum absolute atomic E-state index is 0.134. The number of anilines is 3. The molecule has 0 aliphatic carbocycles. The van der Waals surface area contributed by atoms with E-state index in [2.05, 4.69) is 15.5 Å². The summed E-state index contributed by atoms with van der Waals surface area (Å²) in [4.78, 5) is 40.5. The maximum absolute atomic E-state index is 12.6. The minimum atomic E-state index is -0.586. The first-order chi connectivity index (χ1) is 17.4. The smallest absolute Gasteiger partial charge is 0.411 e. The molecule has 190 valence electrons. The number of ether oxygens (including phenoxy) is 2. The molecule has 2 N–H and O–H groups in total. The van der Waals surface area contributed by atoms with E-state index in [1.54, 1.807) is 32.2 Å². The lowest BCUT2D eigenvalue weighted by molar-refractivity contribution is -0.117. The first-order valence-corrected chi connectivity index (χ1v) is 11.8. The van der Waals surface area contributed by atoms with Crippen LogP contribution in [0.25, 0.3) is 11.0 Å². The van der Waals surface area contributed by atoms with Crippen molar-refractivity contribution in [1.82, 2.24) is 4.90 Å². The number of nitrogens with one attached hydrogen (secondary N) is 2. The molecule has 1 aliphatic rings. The number of likely N-dealkylation sites (N-methyl/N-ethyl adjacent to an activating group) is 1. The van der Waals surface area contributed by atoms with E-state index < -0.39 is 11.7 Å². The predicted octanol–water partition coefficient (Wildman–Crippen LogP) is 3.27. The van der Waals surface area contributed by atoms with Gasteiger partial charge in [0.15, 0.2) is 0 Å². The second-order valence-corrected chi connectivity index (χ2v) is 8.51. The normalized spacial score (nSPS) is 13.6. The Kier molecular flexibility index (Phi) is 8.19. The SMILES string of the molecule is CCOC(=O)Nc1ccc2c(CN(C)CC(=O)Nc3ccc(N4CCOCC4)cc3)cc(=O)oc2c1. The zero-order chi connectivity index (χ0) is 25.5. The monoisotopic (exact) mass is 494 g/mol. The Hall–Kier alpha value is -3.89. The van der Waals surface area contributed by atoms with Crippen LogP contribution in [0.1, 0.15) is 12.5 Å². The van der Waals surface area contributed by atoms with Gasteiger partial charge in [-0.1, -0.05) is 0 Å². The molecule has 1 aliphatic heterocycles. The summed E-state index contributed by atoms with van der Waals surface area (Å²) in [6, 6.07) is 14.2. The Morgan fingerprint density at radius 3 is 2.47 bits per heavy atom. The molecule has 10 nitrogen and oxygen atoms in total. The van der Waals surface area contributed by atoms with E-state index in [1.165, 1.54) is 6.07 Å². The average Bonchev–Trinajstić information content (AvgIpc) is 2.84. The van der Waals surface area contributed by atoms with Crippen LogP contribution in [0.15, 0.2) is 57.7 Å². The van der Waals surface area contributed by atoms with Gasteiger partial charge in [0.25, 0.3) is 0 Å². The zero-order valence-corrected chi connectivity index (χ0v) is 20.4. The van der Waals surface area contributed by atoms with Crippen LogP contribution in [-0.4, -0.2) is 63.4 Å². The number of carbonyl (C=O) groups is 2. The molecule has 1 fully saturated rings. The Balaban J connectivity index is 1.37. The van der Waals surface area contributed by atoms with Gasteiger partial charge in [-0.3, -0.25) is 15.0 Å². The molecule has 2 aromatic carbocycles. The van der Waals surface area contributed by atoms with Crippen LogP contribution in [0.4, 0.5) is 21.9 Å². The van der Waals surface area contributed by atoms with Crippen molar-refractivity contribution in [2.75, 3.05) is 62.0 Å². The second kappa shape index (κ2) is 11.7. The maximum Gasteiger partial charge on any atom is 0.411 e. The number of benzene rings is 2. The second-order valence-electron chi connectivity index (χ2n) is 8.51. The number of amides is 2. The van der Waals surface area contributed by atoms with Gasteiger partial charge in [0, 0.05) is 54.2 Å². The Morgan fingerprint density at radius 1 is 1.03 bits per heavy atom. The van der Waals surface area contributed by atoms with Crippen LogP contribution in [0.2, 0.25) is 0 Å². The van der Waals surface area contributed by atoms with Gasteiger partial charge in [-0.25, -0.2) is 9.59 Å². The van der Waals surface area contributed by atoms with Crippen molar-refractivity contribution in [3.8, 4) is 0 Å². The molecule has 36 heavy (non-hydrogen) atoms. The van der Waals surface area contributed by atoms with Crippen molar-refractivity contribution >= 4 is 40.0 Å². The lowest BCUT2D eigenvalue weighted by Gasteiger charge is -2.28. The highest BCUT2D eigenvalue weighted by Gasteiger charge is 2.14. The Morgan fingerprint density at radius 2 is 1.75 bits per heavy atom. The average molecular weight is 495 g/mol. The van der Waals surface area contributed by atoms with E-state index in [-0.39, 0.29) is 19.1 Å². The van der Waals surface area contributed by atoms with E-state index in [1.807, 2.05) is 29.2 Å². The molecular formula is C26H30N4O6. The van der Waals surface area contributed by atoms with Crippen molar-refractivity contribution in [2.45, 2.75) is 13.5 Å². The highest BCUT2D eigenvalue weighted by atomic mass is 16.5. The van der Waals surface area contributed by atoms with Crippen molar-refractivity contribution in [2.24, 2.45) is 0 Å². The van der Waals surface area contributed by atoms with Crippen molar-refractivity contribution in [3.63, 3.8) is 0 Å². The van der Waals surface area contributed by atoms with Crippen LogP contribution >= 0.6 is 0 Å². The first kappa shape index (κ1) is 25.2. The molecule has 0 saturated carbocycles. The number of fused-ring (bicyclic) bond motifs is 1. The fourth-order valence-corrected chi connectivity index (χ4v) is 4.09. The topological polar surface area (TPSA) is 113 Å². The summed E-state index contributed by atoms with van der Waals surface area (Å²) < 4.78 is 15.6. The number of hydrogen-bond donors (Lipinski definition) is 2. The third-order valence-corrected chi connectivity index (χ3v) is 5.73. The van der Waals surface area contributed by atoms with Gasteiger partial charge in [0.2, 0.25) is 5.91 Å². The molecule has 0 spiro atoms. The van der Waals surface area contributed by atoms with Gasteiger partial charge in [0.05, 0.1) is 26.4 Å². The largest absolute Gasteiger partial charge is 0.450 e. The molecule has 0 atom stereocenters. The van der Waals surface area contributed by atoms with E-state index in [9.17, 15) is 14.4 Å². The highest BCUT2D eigenvalue weighted by Crippen LogP contribution is 2.23. The summed E-state index contributed by atoms with van der Waals surface area (Å²) in [7, 11) is 1.80. The Bertz CT molecular complexity index is 1270. The third-order valence-electron chi connectivity index (χ3n) is 5.73. The van der Waals surface area contributed by atoms with Crippen LogP contribution in [0.5, 0.6) is 0 Å². The number of nitrogens with zero attached hydrogens (tertiary/aromatic N) is 2. The van der Waals surface area contributed by atoms with Gasteiger partial charge < -0.3 is 24.1 Å². The molecule has 3 aromatic rings. The number of carbonyl (C=O) groups excluding carboxylic acids is 2. The first-order valence-electron chi connectivity index (χ1n) is 11.8. The van der Waals surface area contributed by atoms with Crippen molar-refractivity contribution in [1.29, 1.82) is 0 Å². The quantitative estimate of drug-likeness (QED) is 0.459. The number of hydrogen-bond acceptors (Lipinski definition) is 8. The number of rotatable bonds is 8. The number of morpholine rings is 1. The standard InChI is InChI=1S/C26H30N4O6/c1-3-35-26(33)28-20-6-9-22-18(14-25(32)36-23(22)15-20)16-29(2)17-24(31)27-19-4-7-21(8-5-19)30-10-12-34-13-11-30/h4-9,14-15H,3,10-13,16-17H2,1-2H3,(H,27,31)(H,28,33). The van der Waals surface area contributed by atoms with Crippen LogP contribution in [0.3, 0.4) is 0 Å². The molecule has 2 amide bonds. The lowest BCUT2D eigenvalue weighted by Crippen LogP contribution is -2.36. The van der Waals surface area contributed by atoms with E-state index in [0.717, 1.165) is 43.1 Å². The molecular weight excluding hydrogens is 464 g/mol. The molecule has 4 rings (SSSR count). The minimum Gasteiger partial charge on any atom is -0.450 e. The maximum atomic E-state index is 12.6. The summed E-state index contributed by atoms with van der Waals surface area (Å²) in [5, 5.41) is 6.23. The molecule has 1 aromatic heterocycles. The summed E-state index contributed by atoms with van der Waals surface area (Å²) in [5.74, 6) is -0.162. The van der Waals surface area contributed by atoms with Gasteiger partial charge >= 0.3 is 11.7 Å². The predicted molar refractivity (Wildman–Crippen MR) is 138 cm³/mol. The van der Waals surface area contributed by atoms with Gasteiger partial charge in [0.1, 0.15) is 5.58 Å². The molecule has 0 unspecified atom stereocenters. The molecule has 0 radical (unpaired) electrons. The zero-order valence-electron chi connectivity index (χ0n) is 20.4. The molecule has 2 heterocycles. The third kappa shape index (κ3) is 6.61. The molecule has 0 bridgehead atoms. The fraction of sp³-hybridized carbons (Fsp3) is 0.346. The lowest BCUT2D eigenvalue weighted by atomic mass is 10.1.